The summed E-state index contributed by atoms with van der Waals surface area (Å²) in [5, 5.41) is 3.98. The molecule has 0 saturated heterocycles. The van der Waals surface area contributed by atoms with Crippen LogP contribution in [-0.2, 0) is 14.4 Å². The Balaban J connectivity index is 0.00000162. The van der Waals surface area contributed by atoms with Crippen LogP contribution in [-0.4, -0.2) is 7.63 Å². The van der Waals surface area contributed by atoms with Crippen LogP contribution in [0.4, 0.5) is 0 Å². The van der Waals surface area contributed by atoms with E-state index in [1.54, 1.807) is 0 Å². The van der Waals surface area contributed by atoms with Gasteiger partial charge in [0.2, 0.25) is 0 Å². The summed E-state index contributed by atoms with van der Waals surface area (Å²) in [6.45, 7) is 4.61. The van der Waals surface area contributed by atoms with Crippen LogP contribution in [0.15, 0.2) is 78.9 Å². The Kier molecular flexibility index (Phi) is 8.27. The quantitative estimate of drug-likeness (QED) is 0.212. The van der Waals surface area contributed by atoms with E-state index in [2.05, 4.69) is 88.2 Å². The topological polar surface area (TPSA) is 9.23 Å². The molecule has 7 heteroatoms. The summed E-state index contributed by atoms with van der Waals surface area (Å²) in [6.07, 6.45) is 0. The molecule has 1 nitrogen and oxygen atoms in total. The normalized spacial score (nSPS) is 13.0. The van der Waals surface area contributed by atoms with Crippen molar-refractivity contribution in [1.82, 2.24) is 0 Å². The van der Waals surface area contributed by atoms with Gasteiger partial charge in [0.25, 0.3) is 0 Å². The molecule has 0 N–H and O–H groups in total. The molecular formula is C27H28Cl4OSiTi. The van der Waals surface area contributed by atoms with Gasteiger partial charge in [-0.05, 0) is 0 Å². The summed E-state index contributed by atoms with van der Waals surface area (Å²) >= 11 is 9.38. The molecule has 178 valence electrons. The molecule has 1 aliphatic rings. The number of benzene rings is 4. The number of hydrogen-bond acceptors (Lipinski definition) is 1. The minimum absolute atomic E-state index is 0. The van der Waals surface area contributed by atoms with E-state index in [1.807, 2.05) is 12.1 Å². The Morgan fingerprint density at radius 1 is 0.735 bits per heavy atom. The molecule has 0 amide bonds. The molecule has 4 aromatic carbocycles. The summed E-state index contributed by atoms with van der Waals surface area (Å²) in [6, 6.07) is 27.6. The van der Waals surface area contributed by atoms with Gasteiger partial charge >= 0.3 is 204 Å². The van der Waals surface area contributed by atoms with Gasteiger partial charge in [-0.1, -0.05) is 0 Å². The van der Waals surface area contributed by atoms with Crippen LogP contribution in [0.2, 0.25) is 19.5 Å². The van der Waals surface area contributed by atoms with Crippen molar-refractivity contribution >= 4 is 66.4 Å². The van der Waals surface area contributed by atoms with Crippen LogP contribution in [0.1, 0.15) is 29.2 Å². The van der Waals surface area contributed by atoms with Gasteiger partial charge in [-0.15, -0.1) is 24.8 Å². The van der Waals surface area contributed by atoms with E-state index < -0.39 is 14.4 Å². The van der Waals surface area contributed by atoms with Crippen LogP contribution < -0.4 is 3.32 Å². The van der Waals surface area contributed by atoms with Crippen molar-refractivity contribution in [3.63, 3.8) is 0 Å². The van der Waals surface area contributed by atoms with E-state index in [0.717, 1.165) is 25.2 Å². The van der Waals surface area contributed by atoms with E-state index >= 15 is 0 Å². The van der Waals surface area contributed by atoms with Crippen LogP contribution in [0.5, 0.6) is 5.75 Å². The van der Waals surface area contributed by atoms with Gasteiger partial charge in [0, 0.05) is 0 Å². The van der Waals surface area contributed by atoms with Gasteiger partial charge in [-0.2, -0.15) is 0 Å². The van der Waals surface area contributed by atoms with Crippen molar-refractivity contribution in [3.05, 3.63) is 100 Å². The van der Waals surface area contributed by atoms with E-state index in [-0.39, 0.29) is 29.0 Å². The first-order chi connectivity index (χ1) is 15.3. The van der Waals surface area contributed by atoms with Crippen LogP contribution in [0.25, 0.3) is 21.9 Å². The molecule has 0 spiro atoms. The molecule has 0 unspecified atom stereocenters. The number of halogens is 4. The van der Waals surface area contributed by atoms with E-state index in [0.29, 0.717) is 0 Å². The molecule has 34 heavy (non-hydrogen) atoms. The maximum atomic E-state index is 7.29. The van der Waals surface area contributed by atoms with Crippen LogP contribution in [0.3, 0.4) is 0 Å². The largest absolute Gasteiger partial charge is 0.147 e. The fraction of sp³-hybridized carbons (Fsp3) is 0.185. The fourth-order valence-electron chi connectivity index (χ4n) is 5.40. The number of rotatable bonds is 5. The Labute approximate surface area is 227 Å². The standard InChI is InChI=1S/C13H7Cl2.C10H8O.2C2H5.2ClH.H2Si.Ti/c14-10-1-3-12-8(6-10)5-9-7-11(15)2-4-13(9)12;11-10-6-5-8-3-1-2-4-9(8)7-10;2*1-2;;;;/h1-7H;1-7,11H;2*1H2,2H3;2*1H;1H2;/q;;;;;;;+1/p-1. The predicted molar refractivity (Wildman–Crippen MR) is 152 cm³/mol. The van der Waals surface area contributed by atoms with Gasteiger partial charge in [-0.3, -0.25) is 0 Å². The van der Waals surface area contributed by atoms with Gasteiger partial charge in [0.05, 0.1) is 0 Å². The summed E-state index contributed by atoms with van der Waals surface area (Å²) in [4.78, 5) is 0. The predicted octanol–water partition coefficient (Wildman–Crippen LogP) is 9.17. The van der Waals surface area contributed by atoms with Gasteiger partial charge in [0.1, 0.15) is 0 Å². The summed E-state index contributed by atoms with van der Waals surface area (Å²) in [7, 11) is 2.17. The zero-order valence-corrected chi connectivity index (χ0v) is 25.3. The Morgan fingerprint density at radius 2 is 1.26 bits per heavy atom. The van der Waals surface area contributed by atoms with E-state index in [1.165, 1.54) is 33.0 Å². The molecule has 0 aromatic heterocycles. The van der Waals surface area contributed by atoms with Gasteiger partial charge < -0.3 is 0 Å². The summed E-state index contributed by atoms with van der Waals surface area (Å²) in [5.74, 6) is 0.971. The van der Waals surface area contributed by atoms with Crippen LogP contribution >= 0.6 is 48.0 Å². The molecule has 0 fully saturated rings. The molecule has 0 saturated carbocycles. The zero-order valence-electron chi connectivity index (χ0n) is 19.2. The Bertz CT molecular complexity index is 1380. The molecule has 0 atom stereocenters. The minimum atomic E-state index is -3.68. The van der Waals surface area contributed by atoms with Crippen molar-refractivity contribution in [1.29, 1.82) is 0 Å². The van der Waals surface area contributed by atoms with Crippen molar-refractivity contribution < 1.29 is 17.7 Å². The summed E-state index contributed by atoms with van der Waals surface area (Å²) in [5.41, 5.74) is 5.12. The third kappa shape index (κ3) is 4.48. The smallest absolute Gasteiger partial charge is 0.147 e. The zero-order chi connectivity index (χ0) is 22.5. The van der Waals surface area contributed by atoms with Crippen molar-refractivity contribution in [2.75, 3.05) is 0 Å². The Morgan fingerprint density at radius 3 is 1.79 bits per heavy atom. The van der Waals surface area contributed by atoms with Crippen LogP contribution in [0, 0.1) is 0 Å². The summed E-state index contributed by atoms with van der Waals surface area (Å²) < 4.78 is 9.55. The third-order valence-corrected chi connectivity index (χ3v) is 24.1. The maximum Gasteiger partial charge on any atom is -0.147 e. The van der Waals surface area contributed by atoms with E-state index in [9.17, 15) is 0 Å². The monoisotopic (exact) mass is 584 g/mol. The van der Waals surface area contributed by atoms with Gasteiger partial charge in [-0.25, -0.2) is 0 Å². The molecule has 4 aromatic rings. The maximum absolute atomic E-state index is 7.29. The minimum Gasteiger partial charge on any atom is -0.147 e. The van der Waals surface area contributed by atoms with E-state index in [4.69, 9.17) is 26.5 Å². The second-order valence-corrected chi connectivity index (χ2v) is 26.4. The molecule has 0 bridgehead atoms. The molecule has 0 radical (unpaired) electrons. The number of hydrogen-bond donors (Lipinski definition) is 0. The Hall–Kier alpha value is -0.969. The average molecular weight is 586 g/mol. The third-order valence-electron chi connectivity index (χ3n) is 7.48. The SMILES string of the molecule is C[CH2][Ti](=[SiH2])([CH2]C)([O]c1ccc2ccccc2c1)[CH]1c2cc(Cl)ccc2-c2ccc(Cl)cc21.Cl.Cl. The van der Waals surface area contributed by atoms with Crippen molar-refractivity contribution in [2.45, 2.75) is 27.5 Å². The second kappa shape index (κ2) is 10.2. The average Bonchev–Trinajstić information content (AvgIpc) is 3.12. The number of fused-ring (bicyclic) bond motifs is 4. The second-order valence-electron chi connectivity index (χ2n) is 9.13. The van der Waals surface area contributed by atoms with Crippen molar-refractivity contribution in [3.8, 4) is 16.9 Å². The first-order valence-electron chi connectivity index (χ1n) is 11.2. The first-order valence-corrected chi connectivity index (χ1v) is 19.7. The molecule has 1 aliphatic carbocycles. The molecule has 0 aliphatic heterocycles. The first kappa shape index (κ1) is 27.6. The van der Waals surface area contributed by atoms with Crippen molar-refractivity contribution in [2.24, 2.45) is 0 Å². The molecule has 5 rings (SSSR count). The fourth-order valence-corrected chi connectivity index (χ4v) is 15.3. The molecular weight excluding hydrogens is 558 g/mol. The van der Waals surface area contributed by atoms with Gasteiger partial charge in [0.15, 0.2) is 0 Å². The molecule has 0 heterocycles.